The van der Waals surface area contributed by atoms with Gasteiger partial charge in [0.1, 0.15) is 0 Å². The second-order valence-electron chi connectivity index (χ2n) is 5.32. The van der Waals surface area contributed by atoms with E-state index in [2.05, 4.69) is 63.4 Å². The molecule has 0 atom stereocenters. The van der Waals surface area contributed by atoms with E-state index in [-0.39, 0.29) is 0 Å². The lowest BCUT2D eigenvalue weighted by molar-refractivity contribution is 1.32. The lowest BCUT2D eigenvalue weighted by Crippen LogP contribution is -1.90. The van der Waals surface area contributed by atoms with Crippen molar-refractivity contribution in [3.05, 3.63) is 83.6 Å². The highest BCUT2D eigenvalue weighted by Gasteiger charge is 2.09. The zero-order valence-corrected chi connectivity index (χ0v) is 13.9. The average Bonchev–Trinajstić information content (AvgIpc) is 2.62. The Balaban J connectivity index is 1.99. The molecule has 0 unspecified atom stereocenters. The lowest BCUT2D eigenvalue weighted by Gasteiger charge is -2.10. The van der Waals surface area contributed by atoms with Crippen LogP contribution in [0, 0.1) is 0 Å². The van der Waals surface area contributed by atoms with Gasteiger partial charge >= 0.3 is 0 Å². The summed E-state index contributed by atoms with van der Waals surface area (Å²) < 4.78 is 1.06. The third-order valence-corrected chi connectivity index (χ3v) is 4.36. The highest BCUT2D eigenvalue weighted by atomic mass is 79.9. The van der Waals surface area contributed by atoms with Gasteiger partial charge in [-0.3, -0.25) is 4.98 Å². The smallest absolute Gasteiger partial charge is 0.0746 e. The van der Waals surface area contributed by atoms with Crippen molar-refractivity contribution in [1.29, 1.82) is 0 Å². The molecule has 2 aromatic carbocycles. The summed E-state index contributed by atoms with van der Waals surface area (Å²) in [5, 5.41) is 1.07. The maximum Gasteiger partial charge on any atom is 0.0746 e. The van der Waals surface area contributed by atoms with E-state index in [1.54, 1.807) is 6.20 Å². The maximum atomic E-state index is 4.81. The SMILES string of the molecule is Brc1ccc(-c2cc(-c3ccccc3)c3cnccc3n2)cc1. The number of halogens is 1. The molecule has 23 heavy (non-hydrogen) atoms. The Kier molecular flexibility index (Phi) is 3.64. The van der Waals surface area contributed by atoms with Gasteiger partial charge in [0.25, 0.3) is 0 Å². The molecule has 0 aliphatic rings. The van der Waals surface area contributed by atoms with Crippen LogP contribution in [-0.2, 0) is 0 Å². The van der Waals surface area contributed by atoms with E-state index < -0.39 is 0 Å². The number of aromatic nitrogens is 2. The van der Waals surface area contributed by atoms with Gasteiger partial charge in [0.15, 0.2) is 0 Å². The molecule has 0 saturated carbocycles. The van der Waals surface area contributed by atoms with Crippen LogP contribution in [0.1, 0.15) is 0 Å². The number of hydrogen-bond acceptors (Lipinski definition) is 2. The first-order valence-electron chi connectivity index (χ1n) is 7.37. The average molecular weight is 361 g/mol. The predicted molar refractivity (Wildman–Crippen MR) is 98.1 cm³/mol. The van der Waals surface area contributed by atoms with E-state index in [9.17, 15) is 0 Å². The van der Waals surface area contributed by atoms with Crippen LogP contribution in [0.3, 0.4) is 0 Å². The first-order chi connectivity index (χ1) is 11.3. The Morgan fingerprint density at radius 1 is 0.783 bits per heavy atom. The van der Waals surface area contributed by atoms with Crippen molar-refractivity contribution >= 4 is 26.8 Å². The molecule has 0 aliphatic heterocycles. The van der Waals surface area contributed by atoms with Crippen molar-refractivity contribution in [2.75, 3.05) is 0 Å². The molecule has 4 aromatic rings. The normalized spacial score (nSPS) is 10.8. The fourth-order valence-corrected chi connectivity index (χ4v) is 2.96. The summed E-state index contributed by atoms with van der Waals surface area (Å²) in [5.74, 6) is 0. The predicted octanol–water partition coefficient (Wildman–Crippen LogP) is 5.73. The van der Waals surface area contributed by atoms with Gasteiger partial charge in [-0.2, -0.15) is 0 Å². The van der Waals surface area contributed by atoms with E-state index in [1.807, 2.05) is 30.5 Å². The van der Waals surface area contributed by atoms with Crippen LogP contribution in [0.15, 0.2) is 83.6 Å². The number of rotatable bonds is 2. The molecule has 2 nitrogen and oxygen atoms in total. The van der Waals surface area contributed by atoms with Crippen LogP contribution in [0.4, 0.5) is 0 Å². The fourth-order valence-electron chi connectivity index (χ4n) is 2.69. The number of pyridine rings is 2. The maximum absolute atomic E-state index is 4.81. The van der Waals surface area contributed by atoms with Crippen molar-refractivity contribution in [2.24, 2.45) is 0 Å². The molecule has 110 valence electrons. The molecule has 2 heterocycles. The summed E-state index contributed by atoms with van der Waals surface area (Å²) in [6, 6.07) is 22.7. The van der Waals surface area contributed by atoms with Crippen molar-refractivity contribution in [1.82, 2.24) is 9.97 Å². The highest BCUT2D eigenvalue weighted by molar-refractivity contribution is 9.10. The zero-order chi connectivity index (χ0) is 15.6. The fraction of sp³-hybridized carbons (Fsp3) is 0. The topological polar surface area (TPSA) is 25.8 Å². The molecule has 0 saturated heterocycles. The van der Waals surface area contributed by atoms with Crippen LogP contribution in [-0.4, -0.2) is 9.97 Å². The Labute approximate surface area is 143 Å². The first kappa shape index (κ1) is 14.1. The molecule has 0 N–H and O–H groups in total. The van der Waals surface area contributed by atoms with Crippen molar-refractivity contribution in [2.45, 2.75) is 0 Å². The molecular weight excluding hydrogens is 348 g/mol. The van der Waals surface area contributed by atoms with Crippen molar-refractivity contribution in [3.8, 4) is 22.4 Å². The summed E-state index contributed by atoms with van der Waals surface area (Å²) in [7, 11) is 0. The van der Waals surface area contributed by atoms with E-state index in [0.29, 0.717) is 0 Å². The summed E-state index contributed by atoms with van der Waals surface area (Å²) in [6.07, 6.45) is 3.67. The van der Waals surface area contributed by atoms with Gasteiger partial charge in [-0.15, -0.1) is 0 Å². The molecule has 0 spiro atoms. The first-order valence-corrected chi connectivity index (χ1v) is 8.17. The van der Waals surface area contributed by atoms with Gasteiger partial charge in [0.05, 0.1) is 11.2 Å². The van der Waals surface area contributed by atoms with Crippen LogP contribution in [0.2, 0.25) is 0 Å². The molecule has 0 aliphatic carbocycles. The Bertz CT molecular complexity index is 964. The third-order valence-electron chi connectivity index (χ3n) is 3.83. The quantitative estimate of drug-likeness (QED) is 0.456. The zero-order valence-electron chi connectivity index (χ0n) is 12.3. The lowest BCUT2D eigenvalue weighted by atomic mass is 9.99. The van der Waals surface area contributed by atoms with Gasteiger partial charge in [-0.25, -0.2) is 4.98 Å². The van der Waals surface area contributed by atoms with Crippen molar-refractivity contribution in [3.63, 3.8) is 0 Å². The molecular formula is C20H13BrN2. The molecule has 2 aromatic heterocycles. The monoisotopic (exact) mass is 360 g/mol. The molecule has 0 radical (unpaired) electrons. The summed E-state index contributed by atoms with van der Waals surface area (Å²) in [4.78, 5) is 9.07. The van der Waals surface area contributed by atoms with Gasteiger partial charge < -0.3 is 0 Å². The second kappa shape index (κ2) is 5.94. The standard InChI is InChI=1S/C20H13BrN2/c21-16-8-6-15(7-9-16)20-12-17(14-4-2-1-3-5-14)18-13-22-11-10-19(18)23-20/h1-13H. The molecule has 0 fully saturated rings. The van der Waals surface area contributed by atoms with E-state index in [4.69, 9.17) is 4.98 Å². The third kappa shape index (κ3) is 2.76. The summed E-state index contributed by atoms with van der Waals surface area (Å²) >= 11 is 3.48. The van der Waals surface area contributed by atoms with Gasteiger partial charge in [0.2, 0.25) is 0 Å². The van der Waals surface area contributed by atoms with Crippen LogP contribution >= 0.6 is 15.9 Å². The Morgan fingerprint density at radius 3 is 2.35 bits per heavy atom. The minimum absolute atomic E-state index is 0.958. The molecule has 3 heteroatoms. The van der Waals surface area contributed by atoms with Crippen molar-refractivity contribution < 1.29 is 0 Å². The van der Waals surface area contributed by atoms with E-state index in [1.165, 1.54) is 5.56 Å². The molecule has 0 bridgehead atoms. The van der Waals surface area contributed by atoms with Crippen LogP contribution in [0.25, 0.3) is 33.3 Å². The number of hydrogen-bond donors (Lipinski definition) is 0. The Hall–Kier alpha value is -2.52. The largest absolute Gasteiger partial charge is 0.264 e. The summed E-state index contributed by atoms with van der Waals surface area (Å²) in [5.41, 5.74) is 5.35. The van der Waals surface area contributed by atoms with E-state index in [0.717, 1.165) is 32.2 Å². The number of benzene rings is 2. The minimum Gasteiger partial charge on any atom is -0.264 e. The summed E-state index contributed by atoms with van der Waals surface area (Å²) in [6.45, 7) is 0. The minimum atomic E-state index is 0.958. The van der Waals surface area contributed by atoms with Gasteiger partial charge in [-0.1, -0.05) is 58.4 Å². The van der Waals surface area contributed by atoms with Crippen LogP contribution in [0.5, 0.6) is 0 Å². The van der Waals surface area contributed by atoms with Gasteiger partial charge in [0, 0.05) is 27.8 Å². The Morgan fingerprint density at radius 2 is 1.57 bits per heavy atom. The van der Waals surface area contributed by atoms with E-state index >= 15 is 0 Å². The molecule has 4 rings (SSSR count). The number of fused-ring (bicyclic) bond motifs is 1. The highest BCUT2D eigenvalue weighted by Crippen LogP contribution is 2.31. The van der Waals surface area contributed by atoms with Gasteiger partial charge in [-0.05, 0) is 35.4 Å². The van der Waals surface area contributed by atoms with Crippen LogP contribution < -0.4 is 0 Å². The second-order valence-corrected chi connectivity index (χ2v) is 6.24. The molecule has 0 amide bonds. The number of nitrogens with zero attached hydrogens (tertiary/aromatic N) is 2.